The van der Waals surface area contributed by atoms with Crippen molar-refractivity contribution in [2.45, 2.75) is 25.9 Å². The maximum Gasteiger partial charge on any atom is 0.246 e. The average Bonchev–Trinajstić information content (AvgIpc) is 2.87. The molecule has 2 nitrogen and oxygen atoms in total. The Kier molecular flexibility index (Phi) is 7.50. The summed E-state index contributed by atoms with van der Waals surface area (Å²) in [5, 5.41) is 0. The number of nitrogens with zero attached hydrogens (tertiary/aromatic N) is 1. The van der Waals surface area contributed by atoms with Crippen molar-refractivity contribution in [2.75, 3.05) is 0 Å². The molecule has 0 atom stereocenters. The molecule has 0 aliphatic heterocycles. The van der Waals surface area contributed by atoms with Crippen LogP contribution in [-0.4, -0.2) is 10.8 Å². The summed E-state index contributed by atoms with van der Waals surface area (Å²) < 4.78 is 0. The highest BCUT2D eigenvalue weighted by molar-refractivity contribution is 5.86. The maximum atomic E-state index is 12.5. The van der Waals surface area contributed by atoms with E-state index in [1.807, 2.05) is 17.0 Å². The fourth-order valence-corrected chi connectivity index (χ4v) is 3.97. The summed E-state index contributed by atoms with van der Waals surface area (Å²) in [6.45, 7) is 4.81. The maximum absolute atomic E-state index is 12.5. The van der Waals surface area contributed by atoms with Gasteiger partial charge in [-0.15, -0.1) is 0 Å². The van der Waals surface area contributed by atoms with E-state index in [-0.39, 0.29) is 5.91 Å². The van der Waals surface area contributed by atoms with Gasteiger partial charge in [-0.05, 0) is 52.3 Å². The van der Waals surface area contributed by atoms with Crippen LogP contribution in [0.2, 0.25) is 0 Å². The third-order valence-corrected chi connectivity index (χ3v) is 5.78. The molecule has 0 aliphatic rings. The fourth-order valence-electron chi connectivity index (χ4n) is 3.97. The van der Waals surface area contributed by atoms with E-state index in [0.717, 1.165) is 24.0 Å². The topological polar surface area (TPSA) is 20.3 Å². The minimum Gasteiger partial charge on any atom is -0.331 e. The van der Waals surface area contributed by atoms with Crippen molar-refractivity contribution in [3.05, 3.63) is 155 Å². The molecule has 0 heterocycles. The number of hydrogen-bond acceptors (Lipinski definition) is 1. The molecule has 0 unspecified atom stereocenters. The molecule has 0 spiro atoms. The Morgan fingerprint density at radius 1 is 0.545 bits per heavy atom. The monoisotopic (exact) mass is 431 g/mol. The lowest BCUT2D eigenvalue weighted by Crippen LogP contribution is -2.28. The molecule has 0 saturated heterocycles. The Morgan fingerprint density at radius 2 is 0.879 bits per heavy atom. The Bertz CT molecular complexity index is 1080. The van der Waals surface area contributed by atoms with Crippen LogP contribution in [0.15, 0.2) is 122 Å². The summed E-state index contributed by atoms with van der Waals surface area (Å²) in [7, 11) is 0. The highest BCUT2D eigenvalue weighted by atomic mass is 16.2. The normalized spacial score (nSPS) is 10.5. The summed E-state index contributed by atoms with van der Waals surface area (Å²) in [6.07, 6.45) is 3.21. The molecule has 4 aromatic rings. The molecule has 4 rings (SSSR count). The second-order valence-electron chi connectivity index (χ2n) is 8.36. The van der Waals surface area contributed by atoms with Gasteiger partial charge in [-0.3, -0.25) is 4.79 Å². The van der Waals surface area contributed by atoms with Crippen LogP contribution >= 0.6 is 0 Å². The molecule has 0 bridgehead atoms. The van der Waals surface area contributed by atoms with Gasteiger partial charge >= 0.3 is 0 Å². The molecular weight excluding hydrogens is 402 g/mol. The number of rotatable bonds is 9. The van der Waals surface area contributed by atoms with E-state index in [1.54, 1.807) is 0 Å². The zero-order chi connectivity index (χ0) is 22.9. The largest absolute Gasteiger partial charge is 0.331 e. The molecule has 1 amide bonds. The third kappa shape index (κ3) is 6.54. The number of benzene rings is 4. The molecule has 0 fully saturated rings. The molecule has 2 heteroatoms. The SMILES string of the molecule is C=CC(=O)N(Cc1ccc(Cc2ccccc2)cc1)Cc1ccc(Cc2ccccc2)cc1. The van der Waals surface area contributed by atoms with E-state index in [2.05, 4.69) is 104 Å². The van der Waals surface area contributed by atoms with Crippen molar-refractivity contribution in [2.24, 2.45) is 0 Å². The predicted octanol–water partition coefficient (Wildman–Crippen LogP) is 6.58. The molecule has 0 aromatic heterocycles. The molecule has 0 aliphatic carbocycles. The lowest BCUT2D eigenvalue weighted by atomic mass is 10.0. The molecule has 4 aromatic carbocycles. The van der Waals surface area contributed by atoms with Crippen molar-refractivity contribution in [3.63, 3.8) is 0 Å². The van der Waals surface area contributed by atoms with Crippen LogP contribution in [0.5, 0.6) is 0 Å². The van der Waals surface area contributed by atoms with Crippen LogP contribution in [0.1, 0.15) is 33.4 Å². The summed E-state index contributed by atoms with van der Waals surface area (Å²) in [6, 6.07) is 38.0. The first-order valence-corrected chi connectivity index (χ1v) is 11.3. The summed E-state index contributed by atoms with van der Waals surface area (Å²) >= 11 is 0. The number of carbonyl (C=O) groups excluding carboxylic acids is 1. The molecule has 33 heavy (non-hydrogen) atoms. The van der Waals surface area contributed by atoms with Crippen LogP contribution < -0.4 is 0 Å². The van der Waals surface area contributed by atoms with Crippen molar-refractivity contribution >= 4 is 5.91 Å². The van der Waals surface area contributed by atoms with Gasteiger partial charge in [-0.1, -0.05) is 116 Å². The molecule has 0 saturated carbocycles. The fraction of sp³-hybridized carbons (Fsp3) is 0.129. The van der Waals surface area contributed by atoms with E-state index in [1.165, 1.54) is 28.3 Å². The van der Waals surface area contributed by atoms with Gasteiger partial charge in [0.25, 0.3) is 0 Å². The lowest BCUT2D eigenvalue weighted by molar-refractivity contribution is -0.127. The lowest BCUT2D eigenvalue weighted by Gasteiger charge is -2.22. The minimum absolute atomic E-state index is 0.0586. The van der Waals surface area contributed by atoms with Crippen LogP contribution in [0, 0.1) is 0 Å². The molecule has 0 radical (unpaired) electrons. The van der Waals surface area contributed by atoms with E-state index in [0.29, 0.717) is 13.1 Å². The Morgan fingerprint density at radius 3 is 1.24 bits per heavy atom. The Balaban J connectivity index is 1.40. The first-order chi connectivity index (χ1) is 16.2. The van der Waals surface area contributed by atoms with Gasteiger partial charge in [0.2, 0.25) is 5.91 Å². The van der Waals surface area contributed by atoms with Crippen LogP contribution in [0.25, 0.3) is 0 Å². The predicted molar refractivity (Wildman–Crippen MR) is 136 cm³/mol. The highest BCUT2D eigenvalue weighted by Crippen LogP contribution is 2.16. The van der Waals surface area contributed by atoms with Crippen LogP contribution in [-0.2, 0) is 30.7 Å². The van der Waals surface area contributed by atoms with E-state index >= 15 is 0 Å². The summed E-state index contributed by atoms with van der Waals surface area (Å²) in [4.78, 5) is 14.4. The van der Waals surface area contributed by atoms with E-state index in [4.69, 9.17) is 0 Å². The third-order valence-electron chi connectivity index (χ3n) is 5.78. The van der Waals surface area contributed by atoms with Gasteiger partial charge in [0, 0.05) is 13.1 Å². The average molecular weight is 432 g/mol. The van der Waals surface area contributed by atoms with Crippen LogP contribution in [0.4, 0.5) is 0 Å². The first kappa shape index (κ1) is 22.3. The van der Waals surface area contributed by atoms with E-state index < -0.39 is 0 Å². The number of hydrogen-bond donors (Lipinski definition) is 0. The quantitative estimate of drug-likeness (QED) is 0.274. The highest BCUT2D eigenvalue weighted by Gasteiger charge is 2.12. The summed E-state index contributed by atoms with van der Waals surface area (Å²) in [5.74, 6) is -0.0586. The van der Waals surface area contributed by atoms with E-state index in [9.17, 15) is 4.79 Å². The van der Waals surface area contributed by atoms with Crippen molar-refractivity contribution in [1.82, 2.24) is 4.90 Å². The minimum atomic E-state index is -0.0586. The number of amides is 1. The van der Waals surface area contributed by atoms with Gasteiger partial charge in [0.05, 0.1) is 0 Å². The number of carbonyl (C=O) groups is 1. The zero-order valence-electron chi connectivity index (χ0n) is 18.9. The van der Waals surface area contributed by atoms with Gasteiger partial charge in [-0.25, -0.2) is 0 Å². The standard InChI is InChI=1S/C31H29NO/c1-2-31(33)32(23-29-17-13-27(14-18-29)21-25-9-5-3-6-10-25)24-30-19-15-28(16-20-30)22-26-11-7-4-8-12-26/h2-20H,1,21-24H2. The Hall–Kier alpha value is -3.91. The zero-order valence-corrected chi connectivity index (χ0v) is 18.9. The van der Waals surface area contributed by atoms with Crippen molar-refractivity contribution in [3.8, 4) is 0 Å². The first-order valence-electron chi connectivity index (χ1n) is 11.3. The molecule has 0 N–H and O–H groups in total. The van der Waals surface area contributed by atoms with Crippen LogP contribution in [0.3, 0.4) is 0 Å². The second-order valence-corrected chi connectivity index (χ2v) is 8.36. The van der Waals surface area contributed by atoms with Crippen molar-refractivity contribution < 1.29 is 4.79 Å². The van der Waals surface area contributed by atoms with Gasteiger partial charge in [-0.2, -0.15) is 0 Å². The van der Waals surface area contributed by atoms with Gasteiger partial charge in [0.15, 0.2) is 0 Å². The summed E-state index contributed by atoms with van der Waals surface area (Å²) in [5.41, 5.74) is 7.35. The smallest absolute Gasteiger partial charge is 0.246 e. The van der Waals surface area contributed by atoms with Gasteiger partial charge < -0.3 is 4.90 Å². The second kappa shape index (κ2) is 11.1. The molecule has 164 valence electrons. The van der Waals surface area contributed by atoms with Crippen molar-refractivity contribution in [1.29, 1.82) is 0 Å². The Labute approximate surface area is 196 Å². The van der Waals surface area contributed by atoms with Gasteiger partial charge in [0.1, 0.15) is 0 Å². The molecular formula is C31H29NO.